The lowest BCUT2D eigenvalue weighted by Crippen LogP contribution is -2.03. The lowest BCUT2D eigenvalue weighted by atomic mass is 10.1. The molecule has 0 radical (unpaired) electrons. The number of hydrogen-bond donors (Lipinski definition) is 1. The zero-order valence-electron chi connectivity index (χ0n) is 15.7. The highest BCUT2D eigenvalue weighted by atomic mass is 32.2. The molecule has 4 rings (SSSR count). The van der Waals surface area contributed by atoms with Gasteiger partial charge in [-0.2, -0.15) is 0 Å². The molecule has 5 nitrogen and oxygen atoms in total. The summed E-state index contributed by atoms with van der Waals surface area (Å²) in [5, 5.41) is 10.8. The molecule has 6 heteroatoms. The lowest BCUT2D eigenvalue weighted by Gasteiger charge is -2.09. The van der Waals surface area contributed by atoms with E-state index in [1.165, 1.54) is 5.56 Å². The normalized spacial score (nSPS) is 11.2. The Bertz CT molecular complexity index is 1080. The van der Waals surface area contributed by atoms with E-state index in [4.69, 9.17) is 4.74 Å². The predicted molar refractivity (Wildman–Crippen MR) is 110 cm³/mol. The number of H-pyrrole nitrogens is 1. The summed E-state index contributed by atoms with van der Waals surface area (Å²) in [5.41, 5.74) is 4.54. The smallest absolute Gasteiger partial charge is 0.191 e. The molecule has 0 aliphatic heterocycles. The molecule has 0 fully saturated rings. The Morgan fingerprint density at radius 1 is 1.11 bits per heavy atom. The van der Waals surface area contributed by atoms with Gasteiger partial charge in [0.25, 0.3) is 0 Å². The highest BCUT2D eigenvalue weighted by Gasteiger charge is 2.14. The number of aromatic nitrogens is 4. The van der Waals surface area contributed by atoms with Crippen LogP contribution in [0.5, 0.6) is 5.75 Å². The predicted octanol–water partition coefficient (Wildman–Crippen LogP) is 4.75. The minimum Gasteiger partial charge on any atom is -0.492 e. The molecule has 1 N–H and O–H groups in total. The van der Waals surface area contributed by atoms with E-state index in [9.17, 15) is 0 Å². The maximum atomic E-state index is 5.93. The van der Waals surface area contributed by atoms with Gasteiger partial charge in [-0.1, -0.05) is 42.1 Å². The molecule has 2 heterocycles. The second kappa shape index (κ2) is 7.48. The third-order valence-corrected chi connectivity index (χ3v) is 5.57. The number of benzene rings is 2. The van der Waals surface area contributed by atoms with Crippen molar-refractivity contribution in [3.8, 4) is 17.1 Å². The summed E-state index contributed by atoms with van der Waals surface area (Å²) < 4.78 is 7.97. The molecule has 0 spiro atoms. The Morgan fingerprint density at radius 2 is 1.96 bits per heavy atom. The van der Waals surface area contributed by atoms with E-state index in [0.717, 1.165) is 44.5 Å². The average Bonchev–Trinajstić information content (AvgIpc) is 3.25. The zero-order chi connectivity index (χ0) is 18.8. The molecule has 27 heavy (non-hydrogen) atoms. The van der Waals surface area contributed by atoms with Gasteiger partial charge in [-0.25, -0.2) is 0 Å². The second-order valence-corrected chi connectivity index (χ2v) is 7.64. The van der Waals surface area contributed by atoms with Crippen LogP contribution in [-0.2, 0) is 7.05 Å². The molecule has 0 amide bonds. The average molecular weight is 379 g/mol. The first-order chi connectivity index (χ1) is 13.1. The Labute approximate surface area is 162 Å². The fraction of sp³-hybridized carbons (Fsp3) is 0.238. The molecule has 0 saturated heterocycles. The maximum absolute atomic E-state index is 5.93. The molecular formula is C21H22N4OS. The monoisotopic (exact) mass is 378 g/mol. The minimum absolute atomic E-state index is 0.629. The van der Waals surface area contributed by atoms with Crippen molar-refractivity contribution in [2.75, 3.05) is 12.4 Å². The Balaban J connectivity index is 1.43. The van der Waals surface area contributed by atoms with Crippen molar-refractivity contribution in [2.45, 2.75) is 19.0 Å². The Morgan fingerprint density at radius 3 is 2.85 bits per heavy atom. The molecule has 0 bridgehead atoms. The van der Waals surface area contributed by atoms with Crippen LogP contribution in [0.4, 0.5) is 0 Å². The summed E-state index contributed by atoms with van der Waals surface area (Å²) in [5.74, 6) is 2.63. The molecule has 0 unspecified atom stereocenters. The molecule has 0 saturated carbocycles. The number of nitrogens with zero attached hydrogens (tertiary/aromatic N) is 3. The van der Waals surface area contributed by atoms with E-state index in [-0.39, 0.29) is 0 Å². The van der Waals surface area contributed by atoms with Crippen LogP contribution in [0, 0.1) is 13.8 Å². The number of fused-ring (bicyclic) bond motifs is 1. The highest BCUT2D eigenvalue weighted by molar-refractivity contribution is 7.99. The topological polar surface area (TPSA) is 55.7 Å². The van der Waals surface area contributed by atoms with Crippen molar-refractivity contribution in [3.63, 3.8) is 0 Å². The zero-order valence-corrected chi connectivity index (χ0v) is 16.5. The Hall–Kier alpha value is -2.73. The van der Waals surface area contributed by atoms with Gasteiger partial charge in [-0.15, -0.1) is 10.2 Å². The molecule has 2 aromatic carbocycles. The van der Waals surface area contributed by atoms with Crippen molar-refractivity contribution in [1.82, 2.24) is 19.7 Å². The fourth-order valence-electron chi connectivity index (χ4n) is 3.08. The number of rotatable bonds is 6. The summed E-state index contributed by atoms with van der Waals surface area (Å²) in [6.07, 6.45) is 1.99. The van der Waals surface area contributed by atoms with Gasteiger partial charge in [0, 0.05) is 35.5 Å². The van der Waals surface area contributed by atoms with Crippen molar-refractivity contribution in [2.24, 2.45) is 7.05 Å². The quantitative estimate of drug-likeness (QED) is 0.388. The van der Waals surface area contributed by atoms with Gasteiger partial charge in [0.05, 0.1) is 6.61 Å². The summed E-state index contributed by atoms with van der Waals surface area (Å²) in [7, 11) is 2.00. The van der Waals surface area contributed by atoms with Crippen molar-refractivity contribution >= 4 is 22.7 Å². The summed E-state index contributed by atoms with van der Waals surface area (Å²) >= 11 is 1.65. The van der Waals surface area contributed by atoms with E-state index < -0.39 is 0 Å². The standard InChI is InChI=1S/C21H22N4OS/c1-14-8-9-15(2)19(12-14)26-10-11-27-21-24-23-20(25(21)3)17-13-22-18-7-5-4-6-16(17)18/h4-9,12-13,22H,10-11H2,1-3H3. The molecule has 0 aliphatic rings. The fourth-order valence-corrected chi connectivity index (χ4v) is 3.81. The maximum Gasteiger partial charge on any atom is 0.191 e. The Kier molecular flexibility index (Phi) is 4.90. The van der Waals surface area contributed by atoms with Gasteiger partial charge in [0.2, 0.25) is 0 Å². The molecule has 0 aliphatic carbocycles. The van der Waals surface area contributed by atoms with Crippen LogP contribution in [0.25, 0.3) is 22.3 Å². The van der Waals surface area contributed by atoms with Gasteiger partial charge in [0.15, 0.2) is 11.0 Å². The number of para-hydroxylation sites is 1. The number of aryl methyl sites for hydroxylation is 2. The van der Waals surface area contributed by atoms with Crippen molar-refractivity contribution in [1.29, 1.82) is 0 Å². The first-order valence-electron chi connectivity index (χ1n) is 8.92. The van der Waals surface area contributed by atoms with Gasteiger partial charge >= 0.3 is 0 Å². The number of nitrogens with one attached hydrogen (secondary N) is 1. The third kappa shape index (κ3) is 3.57. The molecule has 2 aromatic heterocycles. The van der Waals surface area contributed by atoms with Gasteiger partial charge in [-0.05, 0) is 37.1 Å². The van der Waals surface area contributed by atoms with Gasteiger partial charge < -0.3 is 14.3 Å². The molecular weight excluding hydrogens is 356 g/mol. The van der Waals surface area contributed by atoms with Gasteiger partial charge in [0.1, 0.15) is 5.75 Å². The summed E-state index contributed by atoms with van der Waals surface area (Å²) in [6, 6.07) is 14.5. The number of aromatic amines is 1. The van der Waals surface area contributed by atoms with Crippen LogP contribution < -0.4 is 4.74 Å². The number of hydrogen-bond acceptors (Lipinski definition) is 4. The highest BCUT2D eigenvalue weighted by Crippen LogP contribution is 2.29. The SMILES string of the molecule is Cc1ccc(C)c(OCCSc2nnc(-c3c[nH]c4ccccc34)n2C)c1. The summed E-state index contributed by atoms with van der Waals surface area (Å²) in [6.45, 7) is 4.77. The van der Waals surface area contributed by atoms with Crippen LogP contribution >= 0.6 is 11.8 Å². The molecule has 138 valence electrons. The van der Waals surface area contributed by atoms with Crippen LogP contribution in [-0.4, -0.2) is 32.1 Å². The van der Waals surface area contributed by atoms with Crippen LogP contribution in [0.1, 0.15) is 11.1 Å². The second-order valence-electron chi connectivity index (χ2n) is 6.58. The third-order valence-electron chi connectivity index (χ3n) is 4.58. The minimum atomic E-state index is 0.629. The number of thioether (sulfide) groups is 1. The van der Waals surface area contributed by atoms with E-state index >= 15 is 0 Å². The van der Waals surface area contributed by atoms with Crippen LogP contribution in [0.2, 0.25) is 0 Å². The first-order valence-corrected chi connectivity index (χ1v) is 9.91. The largest absolute Gasteiger partial charge is 0.492 e. The van der Waals surface area contributed by atoms with Crippen molar-refractivity contribution < 1.29 is 4.74 Å². The summed E-state index contributed by atoms with van der Waals surface area (Å²) in [4.78, 5) is 3.30. The molecule has 0 atom stereocenters. The van der Waals surface area contributed by atoms with Crippen LogP contribution in [0.15, 0.2) is 53.8 Å². The van der Waals surface area contributed by atoms with E-state index in [1.54, 1.807) is 11.8 Å². The van der Waals surface area contributed by atoms with Crippen LogP contribution in [0.3, 0.4) is 0 Å². The van der Waals surface area contributed by atoms with E-state index in [0.29, 0.717) is 6.61 Å². The number of ether oxygens (including phenoxy) is 1. The van der Waals surface area contributed by atoms with Crippen molar-refractivity contribution in [3.05, 3.63) is 59.8 Å². The van der Waals surface area contributed by atoms with Gasteiger partial charge in [-0.3, -0.25) is 0 Å². The molecule has 4 aromatic rings. The lowest BCUT2D eigenvalue weighted by molar-refractivity contribution is 0.341. The first kappa shape index (κ1) is 17.7. The van der Waals surface area contributed by atoms with E-state index in [2.05, 4.69) is 59.4 Å². The van der Waals surface area contributed by atoms with E-state index in [1.807, 2.05) is 29.9 Å².